The number of rotatable bonds is 2. The van der Waals surface area contributed by atoms with E-state index in [0.29, 0.717) is 11.6 Å². The van der Waals surface area contributed by atoms with Gasteiger partial charge in [-0.05, 0) is 49.8 Å². The van der Waals surface area contributed by atoms with E-state index in [1.807, 2.05) is 29.2 Å². The summed E-state index contributed by atoms with van der Waals surface area (Å²) in [5, 5.41) is 10.3. The van der Waals surface area contributed by atoms with E-state index < -0.39 is 0 Å². The summed E-state index contributed by atoms with van der Waals surface area (Å²) in [4.78, 5) is 14.6. The predicted octanol–water partition coefficient (Wildman–Crippen LogP) is 2.99. The molecule has 20 heavy (non-hydrogen) atoms. The van der Waals surface area contributed by atoms with Crippen LogP contribution in [0.2, 0.25) is 5.02 Å². The zero-order chi connectivity index (χ0) is 14.2. The number of amides is 1. The third kappa shape index (κ3) is 2.57. The molecule has 0 bridgehead atoms. The number of aliphatic hydroxyl groups excluding tert-OH is 1. The van der Waals surface area contributed by atoms with Crippen LogP contribution in [0, 0.1) is 5.41 Å². The van der Waals surface area contributed by atoms with Crippen LogP contribution in [-0.4, -0.2) is 28.6 Å². The first-order valence-electron chi connectivity index (χ1n) is 7.31. The summed E-state index contributed by atoms with van der Waals surface area (Å²) < 4.78 is 0. The summed E-state index contributed by atoms with van der Waals surface area (Å²) in [6.45, 7) is 1.46. The number of likely N-dealkylation sites (tertiary alicyclic amines) is 1. The van der Waals surface area contributed by atoms with Gasteiger partial charge in [0.2, 0.25) is 5.91 Å². The molecule has 1 heterocycles. The molecule has 1 aromatic rings. The molecule has 4 heteroatoms. The van der Waals surface area contributed by atoms with Crippen LogP contribution in [0.1, 0.15) is 37.7 Å². The lowest BCUT2D eigenvalue weighted by Crippen LogP contribution is -2.38. The van der Waals surface area contributed by atoms with Crippen LogP contribution in [-0.2, 0) is 11.3 Å². The fourth-order valence-corrected chi connectivity index (χ4v) is 3.73. The summed E-state index contributed by atoms with van der Waals surface area (Å²) in [6.07, 6.45) is 3.90. The van der Waals surface area contributed by atoms with Crippen molar-refractivity contribution in [3.05, 3.63) is 34.9 Å². The SMILES string of the molecule is O=C1N(Cc2cccc(Cl)c2)CC[C@]12CC[C@@H](O)CC2. The van der Waals surface area contributed by atoms with E-state index in [1.54, 1.807) is 0 Å². The van der Waals surface area contributed by atoms with Gasteiger partial charge in [0.05, 0.1) is 11.5 Å². The lowest BCUT2D eigenvalue weighted by Gasteiger charge is -2.33. The number of hydrogen-bond donors (Lipinski definition) is 1. The van der Waals surface area contributed by atoms with Gasteiger partial charge in [-0.2, -0.15) is 0 Å². The number of halogens is 1. The van der Waals surface area contributed by atoms with Gasteiger partial charge in [0.25, 0.3) is 0 Å². The van der Waals surface area contributed by atoms with E-state index in [0.717, 1.165) is 44.2 Å². The van der Waals surface area contributed by atoms with E-state index in [2.05, 4.69) is 0 Å². The molecule has 3 rings (SSSR count). The van der Waals surface area contributed by atoms with Gasteiger partial charge >= 0.3 is 0 Å². The monoisotopic (exact) mass is 293 g/mol. The first-order valence-corrected chi connectivity index (χ1v) is 7.69. The van der Waals surface area contributed by atoms with Crippen LogP contribution >= 0.6 is 11.6 Å². The Hall–Kier alpha value is -1.06. The summed E-state index contributed by atoms with van der Waals surface area (Å²) in [5.41, 5.74) is 0.886. The quantitative estimate of drug-likeness (QED) is 0.910. The summed E-state index contributed by atoms with van der Waals surface area (Å²) >= 11 is 5.99. The van der Waals surface area contributed by atoms with Crippen molar-refractivity contribution in [1.82, 2.24) is 4.90 Å². The largest absolute Gasteiger partial charge is 0.393 e. The van der Waals surface area contributed by atoms with Crippen molar-refractivity contribution in [3.8, 4) is 0 Å². The zero-order valence-electron chi connectivity index (χ0n) is 11.5. The second-order valence-electron chi connectivity index (χ2n) is 6.12. The number of nitrogens with zero attached hydrogens (tertiary/aromatic N) is 1. The molecule has 1 aliphatic heterocycles. The molecular weight excluding hydrogens is 274 g/mol. The van der Waals surface area contributed by atoms with Gasteiger partial charge in [-0.15, -0.1) is 0 Å². The number of benzene rings is 1. The second kappa shape index (κ2) is 5.38. The standard InChI is InChI=1S/C16H20ClNO2/c17-13-3-1-2-12(10-13)11-18-9-8-16(15(18)20)6-4-14(19)5-7-16/h1-3,10,14,19H,4-9,11H2/t14-,16-. The highest BCUT2D eigenvalue weighted by Gasteiger charge is 2.47. The van der Waals surface area contributed by atoms with E-state index in [-0.39, 0.29) is 17.4 Å². The number of aliphatic hydroxyl groups is 1. The second-order valence-corrected chi connectivity index (χ2v) is 6.55. The molecule has 0 unspecified atom stereocenters. The Balaban J connectivity index is 1.70. The lowest BCUT2D eigenvalue weighted by molar-refractivity contribution is -0.139. The average molecular weight is 294 g/mol. The van der Waals surface area contributed by atoms with Crippen molar-refractivity contribution in [3.63, 3.8) is 0 Å². The molecule has 0 radical (unpaired) electrons. The Labute approximate surface area is 124 Å². The molecule has 1 amide bonds. The van der Waals surface area contributed by atoms with Gasteiger partial charge in [0, 0.05) is 18.1 Å². The van der Waals surface area contributed by atoms with Crippen LogP contribution in [0.4, 0.5) is 0 Å². The first kappa shape index (κ1) is 13.9. The van der Waals surface area contributed by atoms with E-state index in [1.165, 1.54) is 0 Å². The average Bonchev–Trinajstić information content (AvgIpc) is 2.72. The Morgan fingerprint density at radius 2 is 2.05 bits per heavy atom. The van der Waals surface area contributed by atoms with Crippen LogP contribution in [0.15, 0.2) is 24.3 Å². The molecule has 2 fully saturated rings. The normalized spacial score (nSPS) is 30.2. The number of hydrogen-bond acceptors (Lipinski definition) is 2. The van der Waals surface area contributed by atoms with Crippen LogP contribution in [0.25, 0.3) is 0 Å². The third-order valence-electron chi connectivity index (χ3n) is 4.78. The topological polar surface area (TPSA) is 40.5 Å². The van der Waals surface area contributed by atoms with Gasteiger partial charge in [0.15, 0.2) is 0 Å². The van der Waals surface area contributed by atoms with Crippen molar-refractivity contribution < 1.29 is 9.90 Å². The predicted molar refractivity (Wildman–Crippen MR) is 78.4 cm³/mol. The Morgan fingerprint density at radius 1 is 1.30 bits per heavy atom. The highest BCUT2D eigenvalue weighted by Crippen LogP contribution is 2.45. The molecule has 3 nitrogen and oxygen atoms in total. The number of carbonyl (C=O) groups is 1. The smallest absolute Gasteiger partial charge is 0.229 e. The van der Waals surface area contributed by atoms with Crippen LogP contribution < -0.4 is 0 Å². The lowest BCUT2D eigenvalue weighted by atomic mass is 9.72. The van der Waals surface area contributed by atoms with Crippen molar-refractivity contribution in [1.29, 1.82) is 0 Å². The molecular formula is C16H20ClNO2. The fourth-order valence-electron chi connectivity index (χ4n) is 3.52. The molecule has 2 aliphatic rings. The summed E-state index contributed by atoms with van der Waals surface area (Å²) in [6, 6.07) is 7.70. The van der Waals surface area contributed by atoms with Crippen molar-refractivity contribution >= 4 is 17.5 Å². The molecule has 1 aliphatic carbocycles. The fraction of sp³-hybridized carbons (Fsp3) is 0.562. The molecule has 0 atom stereocenters. The minimum absolute atomic E-state index is 0.197. The van der Waals surface area contributed by atoms with Gasteiger partial charge in [0.1, 0.15) is 0 Å². The molecule has 1 spiro atoms. The Kier molecular flexibility index (Phi) is 3.74. The molecule has 1 saturated carbocycles. The molecule has 1 saturated heterocycles. The van der Waals surface area contributed by atoms with E-state index in [4.69, 9.17) is 11.6 Å². The maximum absolute atomic E-state index is 12.7. The van der Waals surface area contributed by atoms with Crippen molar-refractivity contribution in [2.24, 2.45) is 5.41 Å². The van der Waals surface area contributed by atoms with Crippen LogP contribution in [0.3, 0.4) is 0 Å². The minimum atomic E-state index is -0.213. The minimum Gasteiger partial charge on any atom is -0.393 e. The highest BCUT2D eigenvalue weighted by atomic mass is 35.5. The van der Waals surface area contributed by atoms with Gasteiger partial charge in [-0.3, -0.25) is 4.79 Å². The molecule has 108 valence electrons. The maximum atomic E-state index is 12.7. The number of carbonyl (C=O) groups excluding carboxylic acids is 1. The van der Waals surface area contributed by atoms with Crippen LogP contribution in [0.5, 0.6) is 0 Å². The molecule has 1 aromatic carbocycles. The Morgan fingerprint density at radius 3 is 2.75 bits per heavy atom. The molecule has 0 aromatic heterocycles. The van der Waals surface area contributed by atoms with Gasteiger partial charge in [-0.25, -0.2) is 0 Å². The first-order chi connectivity index (χ1) is 9.59. The maximum Gasteiger partial charge on any atom is 0.229 e. The summed E-state index contributed by atoms with van der Waals surface area (Å²) in [5.74, 6) is 0.268. The van der Waals surface area contributed by atoms with E-state index in [9.17, 15) is 9.90 Å². The highest BCUT2D eigenvalue weighted by molar-refractivity contribution is 6.30. The van der Waals surface area contributed by atoms with Gasteiger partial charge in [-0.1, -0.05) is 23.7 Å². The van der Waals surface area contributed by atoms with Gasteiger partial charge < -0.3 is 10.0 Å². The van der Waals surface area contributed by atoms with E-state index >= 15 is 0 Å². The third-order valence-corrected chi connectivity index (χ3v) is 5.01. The summed E-state index contributed by atoms with van der Waals surface area (Å²) in [7, 11) is 0. The van der Waals surface area contributed by atoms with Crippen molar-refractivity contribution in [2.45, 2.75) is 44.8 Å². The molecule has 1 N–H and O–H groups in total. The zero-order valence-corrected chi connectivity index (χ0v) is 12.3. The van der Waals surface area contributed by atoms with Crippen molar-refractivity contribution in [2.75, 3.05) is 6.54 Å². The Bertz CT molecular complexity index is 509.